The monoisotopic (exact) mass is 412 g/mol. The molecule has 0 aromatic heterocycles. The zero-order valence-electron chi connectivity index (χ0n) is 18.2. The summed E-state index contributed by atoms with van der Waals surface area (Å²) in [6, 6.07) is 5.47. The fraction of sp³-hybridized carbons (Fsp3) is 0.609. The van der Waals surface area contributed by atoms with Gasteiger partial charge in [0.15, 0.2) is 0 Å². The minimum Gasteiger partial charge on any atom is -0.362 e. The zero-order chi connectivity index (χ0) is 21.5. The number of amides is 3. The van der Waals surface area contributed by atoms with Gasteiger partial charge in [0, 0.05) is 37.7 Å². The third kappa shape index (κ3) is 3.77. The number of hydrogen-bond acceptors (Lipinski definition) is 4. The van der Waals surface area contributed by atoms with Crippen molar-refractivity contribution < 1.29 is 14.4 Å². The standard InChI is InChI=1S/C23H32N4O3/c1-15-7-8-18-19(14-15)24-23(25-21(18)29)10-9-20(28)27(13-11-23)17(3)22(30)26-12-5-4-6-16(26)2/h7-8,14,16-17,24H,4-6,9-13H2,1-3H3,(H,25,29)/t16-,17+,23-/m0/s1. The lowest BCUT2D eigenvalue weighted by molar-refractivity contribution is -0.147. The third-order valence-electron chi connectivity index (χ3n) is 6.92. The first kappa shape index (κ1) is 20.7. The van der Waals surface area contributed by atoms with Crippen LogP contribution in [-0.4, -0.2) is 58.4 Å². The molecule has 3 aliphatic rings. The van der Waals surface area contributed by atoms with E-state index in [1.165, 1.54) is 0 Å². The fourth-order valence-electron chi connectivity index (χ4n) is 5.02. The first-order valence-electron chi connectivity index (χ1n) is 11.1. The lowest BCUT2D eigenvalue weighted by Crippen LogP contribution is -2.58. The number of piperidine rings is 1. The fourth-order valence-corrected chi connectivity index (χ4v) is 5.02. The summed E-state index contributed by atoms with van der Waals surface area (Å²) in [6.07, 6.45) is 4.55. The summed E-state index contributed by atoms with van der Waals surface area (Å²) in [5.41, 5.74) is 1.85. The summed E-state index contributed by atoms with van der Waals surface area (Å²) in [7, 11) is 0. The second-order valence-electron chi connectivity index (χ2n) is 9.10. The molecule has 2 N–H and O–H groups in total. The van der Waals surface area contributed by atoms with Crippen LogP contribution in [0, 0.1) is 6.92 Å². The minimum absolute atomic E-state index is 0.0246. The van der Waals surface area contributed by atoms with Gasteiger partial charge in [-0.15, -0.1) is 0 Å². The Balaban J connectivity index is 1.50. The van der Waals surface area contributed by atoms with Crippen molar-refractivity contribution in [2.24, 2.45) is 0 Å². The summed E-state index contributed by atoms with van der Waals surface area (Å²) in [4.78, 5) is 42.4. The van der Waals surface area contributed by atoms with Gasteiger partial charge in [-0.3, -0.25) is 14.4 Å². The van der Waals surface area contributed by atoms with Gasteiger partial charge in [-0.05, 0) is 64.2 Å². The number of likely N-dealkylation sites (tertiary alicyclic amines) is 2. The lowest BCUT2D eigenvalue weighted by atomic mass is 9.94. The molecule has 0 unspecified atom stereocenters. The minimum atomic E-state index is -0.663. The van der Waals surface area contributed by atoms with E-state index in [1.807, 2.05) is 36.9 Å². The Kier molecular flexibility index (Phi) is 5.47. The van der Waals surface area contributed by atoms with Gasteiger partial charge in [-0.1, -0.05) is 6.07 Å². The van der Waals surface area contributed by atoms with E-state index in [9.17, 15) is 14.4 Å². The highest BCUT2D eigenvalue weighted by molar-refractivity contribution is 6.02. The first-order chi connectivity index (χ1) is 14.3. The van der Waals surface area contributed by atoms with E-state index in [-0.39, 0.29) is 23.8 Å². The van der Waals surface area contributed by atoms with Crippen LogP contribution in [0.3, 0.4) is 0 Å². The molecule has 0 saturated carbocycles. The van der Waals surface area contributed by atoms with Gasteiger partial charge in [0.1, 0.15) is 11.7 Å². The van der Waals surface area contributed by atoms with E-state index in [2.05, 4.69) is 17.6 Å². The average Bonchev–Trinajstić information content (AvgIpc) is 2.86. The number of aryl methyl sites for hydroxylation is 1. The van der Waals surface area contributed by atoms with Crippen molar-refractivity contribution >= 4 is 23.4 Å². The first-order valence-corrected chi connectivity index (χ1v) is 11.1. The van der Waals surface area contributed by atoms with Crippen molar-refractivity contribution in [1.29, 1.82) is 0 Å². The van der Waals surface area contributed by atoms with Gasteiger partial charge in [0.05, 0.1) is 5.56 Å². The molecular weight excluding hydrogens is 380 g/mol. The maximum Gasteiger partial charge on any atom is 0.255 e. The predicted octanol–water partition coefficient (Wildman–Crippen LogP) is 2.65. The maximum atomic E-state index is 13.1. The number of benzene rings is 1. The van der Waals surface area contributed by atoms with Gasteiger partial charge < -0.3 is 20.4 Å². The molecule has 0 aliphatic carbocycles. The quantitative estimate of drug-likeness (QED) is 0.782. The third-order valence-corrected chi connectivity index (χ3v) is 6.92. The summed E-state index contributed by atoms with van der Waals surface area (Å²) >= 11 is 0. The molecule has 2 fully saturated rings. The summed E-state index contributed by atoms with van der Waals surface area (Å²) in [5.74, 6) is -0.104. The van der Waals surface area contributed by atoms with E-state index in [0.717, 1.165) is 37.1 Å². The van der Waals surface area contributed by atoms with E-state index in [1.54, 1.807) is 4.90 Å². The number of anilines is 1. The Labute approximate surface area is 178 Å². The van der Waals surface area contributed by atoms with E-state index in [0.29, 0.717) is 31.4 Å². The van der Waals surface area contributed by atoms with E-state index < -0.39 is 11.7 Å². The number of nitrogens with zero attached hydrogens (tertiary/aromatic N) is 2. The molecule has 1 aromatic carbocycles. The highest BCUT2D eigenvalue weighted by Gasteiger charge is 2.42. The van der Waals surface area contributed by atoms with Crippen LogP contribution in [0.1, 0.15) is 68.3 Å². The summed E-state index contributed by atoms with van der Waals surface area (Å²) in [6.45, 7) is 7.12. The van der Waals surface area contributed by atoms with Crippen LogP contribution in [0.2, 0.25) is 0 Å². The molecule has 1 aromatic rings. The summed E-state index contributed by atoms with van der Waals surface area (Å²) < 4.78 is 0. The number of fused-ring (bicyclic) bond motifs is 1. The molecule has 0 radical (unpaired) electrons. The van der Waals surface area contributed by atoms with Crippen molar-refractivity contribution in [1.82, 2.24) is 15.1 Å². The Morgan fingerprint density at radius 1 is 1.17 bits per heavy atom. The van der Waals surface area contributed by atoms with Crippen LogP contribution in [0.4, 0.5) is 5.69 Å². The lowest BCUT2D eigenvalue weighted by Gasteiger charge is -2.40. The van der Waals surface area contributed by atoms with Crippen LogP contribution in [0.5, 0.6) is 0 Å². The predicted molar refractivity (Wildman–Crippen MR) is 115 cm³/mol. The molecule has 3 amide bonds. The number of carbonyl (C=O) groups is 3. The maximum absolute atomic E-state index is 13.1. The molecule has 7 heteroatoms. The normalized spacial score (nSPS) is 27.8. The molecule has 1 spiro atoms. The Morgan fingerprint density at radius 3 is 2.73 bits per heavy atom. The van der Waals surface area contributed by atoms with E-state index >= 15 is 0 Å². The van der Waals surface area contributed by atoms with Crippen LogP contribution < -0.4 is 10.6 Å². The van der Waals surface area contributed by atoms with Crippen molar-refractivity contribution in [2.45, 2.75) is 77.0 Å². The topological polar surface area (TPSA) is 81.8 Å². The SMILES string of the molecule is Cc1ccc2c(c1)N[C@@]1(CCC(=O)N([C@H](C)C(=O)N3CCCC[C@@H]3C)CC1)NC2=O. The van der Waals surface area contributed by atoms with Crippen LogP contribution in [0.25, 0.3) is 0 Å². The highest BCUT2D eigenvalue weighted by atomic mass is 16.2. The molecule has 3 atom stereocenters. The molecule has 4 rings (SSSR count). The summed E-state index contributed by atoms with van der Waals surface area (Å²) in [5, 5.41) is 6.60. The van der Waals surface area contributed by atoms with Crippen LogP contribution in [-0.2, 0) is 9.59 Å². The van der Waals surface area contributed by atoms with Crippen LogP contribution >= 0.6 is 0 Å². The molecule has 3 aliphatic heterocycles. The van der Waals surface area contributed by atoms with Crippen molar-refractivity contribution in [3.05, 3.63) is 29.3 Å². The molecule has 162 valence electrons. The molecular formula is C23H32N4O3. The van der Waals surface area contributed by atoms with Crippen molar-refractivity contribution in [3.8, 4) is 0 Å². The van der Waals surface area contributed by atoms with Crippen molar-refractivity contribution in [3.63, 3.8) is 0 Å². The Bertz CT molecular complexity index is 870. The molecule has 7 nitrogen and oxygen atoms in total. The van der Waals surface area contributed by atoms with Crippen LogP contribution in [0.15, 0.2) is 18.2 Å². The van der Waals surface area contributed by atoms with Gasteiger partial charge in [0.25, 0.3) is 5.91 Å². The number of carbonyl (C=O) groups excluding carboxylic acids is 3. The second kappa shape index (κ2) is 7.93. The van der Waals surface area contributed by atoms with Gasteiger partial charge in [-0.25, -0.2) is 0 Å². The van der Waals surface area contributed by atoms with E-state index in [4.69, 9.17) is 0 Å². The zero-order valence-corrected chi connectivity index (χ0v) is 18.2. The largest absolute Gasteiger partial charge is 0.362 e. The number of hydrogen-bond donors (Lipinski definition) is 2. The second-order valence-corrected chi connectivity index (χ2v) is 9.10. The smallest absolute Gasteiger partial charge is 0.255 e. The molecule has 3 heterocycles. The van der Waals surface area contributed by atoms with Gasteiger partial charge in [0.2, 0.25) is 11.8 Å². The number of rotatable bonds is 2. The highest BCUT2D eigenvalue weighted by Crippen LogP contribution is 2.33. The molecule has 30 heavy (non-hydrogen) atoms. The average molecular weight is 413 g/mol. The molecule has 0 bridgehead atoms. The Hall–Kier alpha value is -2.57. The van der Waals surface area contributed by atoms with Gasteiger partial charge >= 0.3 is 0 Å². The number of nitrogens with one attached hydrogen (secondary N) is 2. The molecule has 2 saturated heterocycles. The Morgan fingerprint density at radius 2 is 1.97 bits per heavy atom. The van der Waals surface area contributed by atoms with Crippen molar-refractivity contribution in [2.75, 3.05) is 18.4 Å². The van der Waals surface area contributed by atoms with Gasteiger partial charge in [-0.2, -0.15) is 0 Å².